The fourth-order valence-corrected chi connectivity index (χ4v) is 5.41. The highest BCUT2D eigenvalue weighted by Crippen LogP contribution is 2.44. The molecule has 2 unspecified atom stereocenters. The van der Waals surface area contributed by atoms with Crippen molar-refractivity contribution >= 4 is 68.0 Å². The number of thiophene rings is 1. The SMILES string of the molecule is CCOC(=O)C1=C(C)N=C2SC(C=Nc3ccc(Br)cc3)C(=O)N2C1c1cccs1. The van der Waals surface area contributed by atoms with Crippen LogP contribution in [0.2, 0.25) is 0 Å². The number of fused-ring (bicyclic) bond motifs is 1. The Kier molecular flexibility index (Phi) is 6.21. The highest BCUT2D eigenvalue weighted by molar-refractivity contribution is 9.10. The van der Waals surface area contributed by atoms with Crippen molar-refractivity contribution in [3.8, 4) is 0 Å². The third-order valence-electron chi connectivity index (χ3n) is 4.60. The molecule has 1 amide bonds. The molecule has 0 radical (unpaired) electrons. The van der Waals surface area contributed by atoms with E-state index < -0.39 is 17.3 Å². The number of esters is 1. The van der Waals surface area contributed by atoms with E-state index in [1.165, 1.54) is 23.1 Å². The van der Waals surface area contributed by atoms with Gasteiger partial charge in [-0.2, -0.15) is 0 Å². The number of halogens is 1. The van der Waals surface area contributed by atoms with Gasteiger partial charge in [0, 0.05) is 15.6 Å². The predicted molar refractivity (Wildman–Crippen MR) is 124 cm³/mol. The quantitative estimate of drug-likeness (QED) is 0.420. The fraction of sp³-hybridized carbons (Fsp3) is 0.238. The lowest BCUT2D eigenvalue weighted by Gasteiger charge is -2.31. The van der Waals surface area contributed by atoms with Crippen LogP contribution in [0, 0.1) is 0 Å². The Labute approximate surface area is 190 Å². The van der Waals surface area contributed by atoms with Gasteiger partial charge in [0.2, 0.25) is 5.91 Å². The van der Waals surface area contributed by atoms with Crippen molar-refractivity contribution in [3.05, 3.63) is 62.4 Å². The van der Waals surface area contributed by atoms with Crippen LogP contribution in [0.15, 0.2) is 67.5 Å². The van der Waals surface area contributed by atoms with Crippen molar-refractivity contribution in [2.24, 2.45) is 9.98 Å². The lowest BCUT2D eigenvalue weighted by molar-refractivity contribution is -0.139. The van der Waals surface area contributed by atoms with Gasteiger partial charge in [-0.3, -0.25) is 14.7 Å². The monoisotopic (exact) mass is 503 g/mol. The molecule has 0 bridgehead atoms. The Morgan fingerprint density at radius 2 is 2.10 bits per heavy atom. The minimum Gasteiger partial charge on any atom is -0.463 e. The molecule has 1 aromatic carbocycles. The van der Waals surface area contributed by atoms with Gasteiger partial charge in [0.05, 0.1) is 23.6 Å². The van der Waals surface area contributed by atoms with E-state index in [2.05, 4.69) is 25.9 Å². The predicted octanol–water partition coefficient (Wildman–Crippen LogP) is 5.10. The summed E-state index contributed by atoms with van der Waals surface area (Å²) in [6.45, 7) is 3.80. The third-order valence-corrected chi connectivity index (χ3v) is 7.13. The molecule has 154 valence electrons. The number of hydrogen-bond donors (Lipinski definition) is 0. The molecule has 9 heteroatoms. The number of ether oxygens (including phenoxy) is 1. The van der Waals surface area contributed by atoms with E-state index in [9.17, 15) is 9.59 Å². The maximum atomic E-state index is 13.3. The first kappa shape index (κ1) is 21.0. The normalized spacial score (nSPS) is 21.2. The zero-order valence-electron chi connectivity index (χ0n) is 16.2. The number of amidine groups is 1. The number of carbonyl (C=O) groups excluding carboxylic acids is 2. The number of allylic oxidation sites excluding steroid dienone is 1. The van der Waals surface area contributed by atoms with E-state index in [0.717, 1.165) is 15.0 Å². The van der Waals surface area contributed by atoms with Crippen molar-refractivity contribution in [3.63, 3.8) is 0 Å². The number of thioether (sulfide) groups is 1. The Hall–Kier alpha value is -2.23. The summed E-state index contributed by atoms with van der Waals surface area (Å²) >= 11 is 6.24. The smallest absolute Gasteiger partial charge is 0.338 e. The molecular formula is C21H18BrN3O3S2. The second-order valence-electron chi connectivity index (χ2n) is 6.53. The van der Waals surface area contributed by atoms with Gasteiger partial charge in [0.15, 0.2) is 5.17 Å². The second kappa shape index (κ2) is 8.87. The second-order valence-corrected chi connectivity index (χ2v) is 9.54. The summed E-state index contributed by atoms with van der Waals surface area (Å²) in [5.41, 5.74) is 1.74. The van der Waals surface area contributed by atoms with Crippen LogP contribution in [0.3, 0.4) is 0 Å². The van der Waals surface area contributed by atoms with Gasteiger partial charge in [-0.25, -0.2) is 9.79 Å². The van der Waals surface area contributed by atoms with Gasteiger partial charge in [-0.15, -0.1) is 11.3 Å². The van der Waals surface area contributed by atoms with E-state index in [-0.39, 0.29) is 12.5 Å². The number of rotatable bonds is 5. The first-order chi connectivity index (χ1) is 14.5. The molecular weight excluding hydrogens is 486 g/mol. The van der Waals surface area contributed by atoms with Gasteiger partial charge in [0.1, 0.15) is 11.3 Å². The van der Waals surface area contributed by atoms with Gasteiger partial charge in [-0.05, 0) is 49.6 Å². The lowest BCUT2D eigenvalue weighted by Crippen LogP contribution is -2.40. The maximum Gasteiger partial charge on any atom is 0.338 e. The summed E-state index contributed by atoms with van der Waals surface area (Å²) in [6, 6.07) is 10.8. The maximum absolute atomic E-state index is 13.3. The summed E-state index contributed by atoms with van der Waals surface area (Å²) in [5, 5.41) is 2.00. The van der Waals surface area contributed by atoms with Crippen LogP contribution < -0.4 is 0 Å². The van der Waals surface area contributed by atoms with E-state index in [1.807, 2.05) is 41.8 Å². The van der Waals surface area contributed by atoms with Crippen molar-refractivity contribution in [2.75, 3.05) is 6.61 Å². The average molecular weight is 504 g/mol. The molecule has 0 aliphatic carbocycles. The molecule has 2 atom stereocenters. The van der Waals surface area contributed by atoms with E-state index in [0.29, 0.717) is 16.4 Å². The molecule has 4 rings (SSSR count). The topological polar surface area (TPSA) is 71.3 Å². The molecule has 2 aliphatic heterocycles. The summed E-state index contributed by atoms with van der Waals surface area (Å²) in [6.07, 6.45) is 1.64. The molecule has 0 saturated carbocycles. The first-order valence-corrected chi connectivity index (χ1v) is 11.8. The van der Waals surface area contributed by atoms with Crippen LogP contribution in [0.5, 0.6) is 0 Å². The Morgan fingerprint density at radius 1 is 1.33 bits per heavy atom. The van der Waals surface area contributed by atoms with Gasteiger partial charge >= 0.3 is 5.97 Å². The Bertz CT molecular complexity index is 1060. The molecule has 1 aromatic heterocycles. The molecule has 6 nitrogen and oxygen atoms in total. The fourth-order valence-electron chi connectivity index (χ4n) is 3.26. The molecule has 0 N–H and O–H groups in total. The Balaban J connectivity index is 1.67. The number of hydrogen-bond acceptors (Lipinski definition) is 7. The minimum atomic E-state index is -0.539. The van der Waals surface area contributed by atoms with Crippen molar-refractivity contribution in [2.45, 2.75) is 25.1 Å². The highest BCUT2D eigenvalue weighted by Gasteiger charge is 2.47. The number of nitrogens with zero attached hydrogens (tertiary/aromatic N) is 3. The van der Waals surface area contributed by atoms with Crippen LogP contribution in [0.25, 0.3) is 0 Å². The van der Waals surface area contributed by atoms with Gasteiger partial charge in [-0.1, -0.05) is 33.8 Å². The molecule has 3 heterocycles. The van der Waals surface area contributed by atoms with Crippen LogP contribution >= 0.6 is 39.0 Å². The zero-order valence-corrected chi connectivity index (χ0v) is 19.5. The Morgan fingerprint density at radius 3 is 2.77 bits per heavy atom. The molecule has 2 aliphatic rings. The van der Waals surface area contributed by atoms with Gasteiger partial charge < -0.3 is 4.74 Å². The third kappa shape index (κ3) is 4.01. The highest BCUT2D eigenvalue weighted by atomic mass is 79.9. The summed E-state index contributed by atoms with van der Waals surface area (Å²) in [7, 11) is 0. The summed E-state index contributed by atoms with van der Waals surface area (Å²) in [5.74, 6) is -0.590. The summed E-state index contributed by atoms with van der Waals surface area (Å²) in [4.78, 5) is 37.5. The molecule has 30 heavy (non-hydrogen) atoms. The van der Waals surface area contributed by atoms with Crippen molar-refractivity contribution in [1.29, 1.82) is 0 Å². The van der Waals surface area contributed by atoms with E-state index in [4.69, 9.17) is 4.74 Å². The average Bonchev–Trinajstić information content (AvgIpc) is 3.35. The summed E-state index contributed by atoms with van der Waals surface area (Å²) < 4.78 is 6.23. The number of benzene rings is 1. The van der Waals surface area contributed by atoms with E-state index >= 15 is 0 Å². The molecule has 0 spiro atoms. The van der Waals surface area contributed by atoms with E-state index in [1.54, 1.807) is 25.0 Å². The number of amides is 1. The molecule has 1 fully saturated rings. The van der Waals surface area contributed by atoms with Gasteiger partial charge in [0.25, 0.3) is 0 Å². The van der Waals surface area contributed by atoms with Crippen LogP contribution in [-0.2, 0) is 14.3 Å². The molecule has 1 saturated heterocycles. The number of aliphatic imine (C=N–C) groups is 2. The van der Waals surface area contributed by atoms with Crippen LogP contribution in [0.1, 0.15) is 24.8 Å². The van der Waals surface area contributed by atoms with Crippen LogP contribution in [0.4, 0.5) is 5.69 Å². The standard InChI is InChI=1S/C21H18BrN3O3S2/c1-3-28-20(27)17-12(2)24-21-25(18(17)15-5-4-10-29-15)19(26)16(30-21)11-23-14-8-6-13(22)7-9-14/h4-11,16,18H,3H2,1-2H3. The first-order valence-electron chi connectivity index (χ1n) is 9.29. The lowest BCUT2D eigenvalue weighted by atomic mass is 10.00. The molecule has 2 aromatic rings. The van der Waals surface area contributed by atoms with Crippen LogP contribution in [-0.4, -0.2) is 40.0 Å². The van der Waals surface area contributed by atoms with Crippen molar-refractivity contribution < 1.29 is 14.3 Å². The minimum absolute atomic E-state index is 0.146. The number of carbonyl (C=O) groups is 2. The largest absolute Gasteiger partial charge is 0.463 e. The zero-order chi connectivity index (χ0) is 21.3. The van der Waals surface area contributed by atoms with Crippen molar-refractivity contribution in [1.82, 2.24) is 4.90 Å².